The number of rotatable bonds is 3. The Morgan fingerprint density at radius 2 is 1.95 bits per heavy atom. The number of carbonyl (C=O) groups excluding carboxylic acids is 1. The Balaban J connectivity index is 2.31. The fraction of sp³-hybridized carbons (Fsp3) is 0.562. The van der Waals surface area contributed by atoms with Gasteiger partial charge in [-0.25, -0.2) is 4.39 Å². The molecule has 0 amide bonds. The molecule has 20 heavy (non-hydrogen) atoms. The molecule has 2 atom stereocenters. The molecule has 2 unspecified atom stereocenters. The first-order valence-electron chi connectivity index (χ1n) is 7.18. The van der Waals surface area contributed by atoms with Crippen molar-refractivity contribution in [1.82, 2.24) is 4.90 Å². The van der Waals surface area contributed by atoms with Crippen LogP contribution >= 0.6 is 0 Å². The lowest BCUT2D eigenvalue weighted by Crippen LogP contribution is -2.43. The molecule has 1 fully saturated rings. The SMILES string of the molecule is CC(=O)c1cc(F)cc(CN2C(C)CCCC2C)c1O. The van der Waals surface area contributed by atoms with E-state index in [1.807, 2.05) is 0 Å². The fourth-order valence-electron chi connectivity index (χ4n) is 3.03. The van der Waals surface area contributed by atoms with E-state index in [-0.39, 0.29) is 17.1 Å². The largest absolute Gasteiger partial charge is 0.507 e. The number of carbonyl (C=O) groups is 1. The molecular formula is C16H22FNO2. The van der Waals surface area contributed by atoms with Gasteiger partial charge in [-0.15, -0.1) is 0 Å². The smallest absolute Gasteiger partial charge is 0.163 e. The number of nitrogens with zero attached hydrogens (tertiary/aromatic N) is 1. The summed E-state index contributed by atoms with van der Waals surface area (Å²) in [6, 6.07) is 3.24. The highest BCUT2D eigenvalue weighted by Crippen LogP contribution is 2.30. The minimum absolute atomic E-state index is 0.0670. The van der Waals surface area contributed by atoms with Gasteiger partial charge in [0.1, 0.15) is 11.6 Å². The van der Waals surface area contributed by atoms with Crippen LogP contribution in [0.15, 0.2) is 12.1 Å². The summed E-state index contributed by atoms with van der Waals surface area (Å²) in [7, 11) is 0. The first-order valence-corrected chi connectivity index (χ1v) is 7.18. The van der Waals surface area contributed by atoms with Crippen molar-refractivity contribution in [2.75, 3.05) is 0 Å². The van der Waals surface area contributed by atoms with E-state index in [9.17, 15) is 14.3 Å². The van der Waals surface area contributed by atoms with Gasteiger partial charge in [-0.3, -0.25) is 9.69 Å². The van der Waals surface area contributed by atoms with Gasteiger partial charge in [0.2, 0.25) is 0 Å². The van der Waals surface area contributed by atoms with Crippen LogP contribution in [0.2, 0.25) is 0 Å². The summed E-state index contributed by atoms with van der Waals surface area (Å²) >= 11 is 0. The van der Waals surface area contributed by atoms with Crippen molar-refractivity contribution in [3.8, 4) is 5.75 Å². The summed E-state index contributed by atoms with van der Waals surface area (Å²) in [5.41, 5.74) is 0.563. The quantitative estimate of drug-likeness (QED) is 0.861. The van der Waals surface area contributed by atoms with Crippen LogP contribution in [-0.2, 0) is 6.54 Å². The standard InChI is InChI=1S/C16H22FNO2/c1-10-5-4-6-11(2)18(10)9-13-7-14(17)8-15(12(3)19)16(13)20/h7-8,10-11,20H,4-6,9H2,1-3H3. The van der Waals surface area contributed by atoms with Crippen LogP contribution in [0.3, 0.4) is 0 Å². The Bertz CT molecular complexity index is 505. The number of aromatic hydroxyl groups is 1. The van der Waals surface area contributed by atoms with E-state index < -0.39 is 5.82 Å². The van der Waals surface area contributed by atoms with Crippen LogP contribution in [0.4, 0.5) is 4.39 Å². The Morgan fingerprint density at radius 1 is 1.35 bits per heavy atom. The number of piperidine rings is 1. The van der Waals surface area contributed by atoms with Crippen molar-refractivity contribution in [2.24, 2.45) is 0 Å². The normalized spacial score (nSPS) is 23.8. The highest BCUT2D eigenvalue weighted by atomic mass is 19.1. The van der Waals surface area contributed by atoms with Gasteiger partial charge in [0.25, 0.3) is 0 Å². The summed E-state index contributed by atoms with van der Waals surface area (Å²) in [5, 5.41) is 10.2. The number of phenolic OH excluding ortho intramolecular Hbond substituents is 1. The second kappa shape index (κ2) is 5.92. The second-order valence-electron chi connectivity index (χ2n) is 5.82. The lowest BCUT2D eigenvalue weighted by molar-refractivity contribution is 0.0939. The molecule has 0 spiro atoms. The zero-order valence-corrected chi connectivity index (χ0v) is 12.3. The predicted octanol–water partition coefficient (Wildman–Crippen LogP) is 3.50. The minimum atomic E-state index is -0.472. The van der Waals surface area contributed by atoms with Crippen molar-refractivity contribution in [3.63, 3.8) is 0 Å². The van der Waals surface area contributed by atoms with E-state index in [0.717, 1.165) is 18.9 Å². The summed E-state index contributed by atoms with van der Waals surface area (Å²) < 4.78 is 13.6. The van der Waals surface area contributed by atoms with E-state index in [0.29, 0.717) is 24.2 Å². The lowest BCUT2D eigenvalue weighted by atomic mass is 9.96. The zero-order valence-electron chi connectivity index (χ0n) is 12.3. The Labute approximate surface area is 119 Å². The van der Waals surface area contributed by atoms with Gasteiger partial charge in [0, 0.05) is 24.2 Å². The molecule has 0 saturated carbocycles. The minimum Gasteiger partial charge on any atom is -0.507 e. The van der Waals surface area contributed by atoms with Crippen LogP contribution in [0.25, 0.3) is 0 Å². The van der Waals surface area contributed by atoms with Gasteiger partial charge >= 0.3 is 0 Å². The molecule has 3 nitrogen and oxygen atoms in total. The molecule has 1 aliphatic rings. The molecule has 1 heterocycles. The van der Waals surface area contributed by atoms with Gasteiger partial charge in [-0.05, 0) is 45.7 Å². The maximum atomic E-state index is 13.6. The summed E-state index contributed by atoms with van der Waals surface area (Å²) in [5.74, 6) is -0.868. The van der Waals surface area contributed by atoms with Crippen LogP contribution in [0.1, 0.15) is 56.0 Å². The number of Topliss-reactive ketones (excluding diaryl/α,β-unsaturated/α-hetero) is 1. The molecule has 1 aromatic rings. The summed E-state index contributed by atoms with van der Waals surface area (Å²) in [4.78, 5) is 13.7. The van der Waals surface area contributed by atoms with Crippen LogP contribution in [0.5, 0.6) is 5.75 Å². The Hall–Kier alpha value is -1.42. The number of halogens is 1. The molecule has 0 aliphatic carbocycles. The third kappa shape index (κ3) is 3.01. The van der Waals surface area contributed by atoms with Crippen molar-refractivity contribution in [2.45, 2.75) is 58.7 Å². The molecule has 2 rings (SSSR count). The third-order valence-corrected chi connectivity index (χ3v) is 4.26. The molecule has 1 saturated heterocycles. The lowest BCUT2D eigenvalue weighted by Gasteiger charge is -2.39. The molecule has 0 aromatic heterocycles. The van der Waals surface area contributed by atoms with Gasteiger partial charge in [0.15, 0.2) is 5.78 Å². The van der Waals surface area contributed by atoms with Crippen molar-refractivity contribution in [1.29, 1.82) is 0 Å². The summed E-state index contributed by atoms with van der Waals surface area (Å²) in [6.45, 7) is 6.12. The number of hydrogen-bond donors (Lipinski definition) is 1. The Kier molecular flexibility index (Phi) is 4.43. The van der Waals surface area contributed by atoms with E-state index >= 15 is 0 Å². The van der Waals surface area contributed by atoms with Crippen LogP contribution < -0.4 is 0 Å². The van der Waals surface area contributed by atoms with Crippen LogP contribution in [0, 0.1) is 5.82 Å². The molecular weight excluding hydrogens is 257 g/mol. The molecule has 0 bridgehead atoms. The number of hydrogen-bond acceptors (Lipinski definition) is 3. The average Bonchev–Trinajstić information content (AvgIpc) is 2.37. The highest BCUT2D eigenvalue weighted by Gasteiger charge is 2.26. The first kappa shape index (κ1) is 15.0. The number of phenols is 1. The molecule has 0 radical (unpaired) electrons. The monoisotopic (exact) mass is 279 g/mol. The van der Waals surface area contributed by atoms with E-state index in [2.05, 4.69) is 18.7 Å². The maximum Gasteiger partial charge on any atom is 0.163 e. The molecule has 1 aliphatic heterocycles. The molecule has 1 N–H and O–H groups in total. The topological polar surface area (TPSA) is 40.5 Å². The van der Waals surface area contributed by atoms with Gasteiger partial charge in [0.05, 0.1) is 5.56 Å². The van der Waals surface area contributed by atoms with E-state index in [1.54, 1.807) is 0 Å². The fourth-order valence-corrected chi connectivity index (χ4v) is 3.03. The predicted molar refractivity (Wildman–Crippen MR) is 76.4 cm³/mol. The average molecular weight is 279 g/mol. The highest BCUT2D eigenvalue weighted by molar-refractivity contribution is 5.97. The first-order chi connectivity index (χ1) is 9.40. The summed E-state index contributed by atoms with van der Waals surface area (Å²) in [6.07, 6.45) is 3.42. The number of likely N-dealkylation sites (tertiary alicyclic amines) is 1. The molecule has 1 aromatic carbocycles. The number of benzene rings is 1. The van der Waals surface area contributed by atoms with Crippen molar-refractivity contribution < 1.29 is 14.3 Å². The van der Waals surface area contributed by atoms with Crippen molar-refractivity contribution in [3.05, 3.63) is 29.1 Å². The molecule has 4 heteroatoms. The number of ketones is 1. The van der Waals surface area contributed by atoms with E-state index in [4.69, 9.17) is 0 Å². The molecule has 110 valence electrons. The second-order valence-corrected chi connectivity index (χ2v) is 5.82. The third-order valence-electron chi connectivity index (χ3n) is 4.26. The zero-order chi connectivity index (χ0) is 14.9. The Morgan fingerprint density at radius 3 is 2.50 bits per heavy atom. The van der Waals surface area contributed by atoms with Gasteiger partial charge < -0.3 is 5.11 Å². The van der Waals surface area contributed by atoms with Gasteiger partial charge in [-0.2, -0.15) is 0 Å². The van der Waals surface area contributed by atoms with E-state index in [1.165, 1.54) is 19.4 Å². The van der Waals surface area contributed by atoms with Crippen LogP contribution in [-0.4, -0.2) is 27.9 Å². The van der Waals surface area contributed by atoms with Gasteiger partial charge in [-0.1, -0.05) is 6.42 Å². The maximum absolute atomic E-state index is 13.6. The van der Waals surface area contributed by atoms with Crippen molar-refractivity contribution >= 4 is 5.78 Å².